The molecule has 0 aliphatic heterocycles. The quantitative estimate of drug-likeness (QED) is 0.497. The van der Waals surface area contributed by atoms with Gasteiger partial charge in [-0.15, -0.1) is 0 Å². The zero-order valence-electron chi connectivity index (χ0n) is 12.6. The third-order valence-electron chi connectivity index (χ3n) is 3.04. The molecule has 0 heterocycles. The van der Waals surface area contributed by atoms with Gasteiger partial charge in [-0.3, -0.25) is 4.90 Å². The molecule has 124 valence electrons. The molecule has 0 saturated carbocycles. The average Bonchev–Trinajstić information content (AvgIpc) is 2.59. The second-order valence-electron chi connectivity index (χ2n) is 4.68. The Morgan fingerprint density at radius 2 is 1.71 bits per heavy atom. The van der Waals surface area contributed by atoms with Crippen molar-refractivity contribution in [1.29, 1.82) is 0 Å². The Kier molecular flexibility index (Phi) is 5.90. The molecule has 0 radical (unpaired) electrons. The molecule has 7 nitrogen and oxygen atoms in total. The van der Waals surface area contributed by atoms with E-state index in [0.717, 1.165) is 10.5 Å². The minimum Gasteiger partial charge on any atom is -0.465 e. The van der Waals surface area contributed by atoms with Crippen molar-refractivity contribution in [2.45, 2.75) is 6.61 Å². The highest BCUT2D eigenvalue weighted by atomic mass is 16.7. The SMILES string of the molecule is O=CCN(C(=O)O)c1ccc(OC(=O)OCc2ccccc2)cc1. The summed E-state index contributed by atoms with van der Waals surface area (Å²) in [6.45, 7) is -0.196. The molecule has 0 unspecified atom stereocenters. The monoisotopic (exact) mass is 329 g/mol. The van der Waals surface area contributed by atoms with Crippen molar-refractivity contribution in [3.8, 4) is 5.75 Å². The Morgan fingerprint density at radius 1 is 1.04 bits per heavy atom. The van der Waals surface area contributed by atoms with Crippen LogP contribution in [0.3, 0.4) is 0 Å². The highest BCUT2D eigenvalue weighted by Gasteiger charge is 2.14. The van der Waals surface area contributed by atoms with Crippen LogP contribution in [-0.4, -0.2) is 30.2 Å². The van der Waals surface area contributed by atoms with Crippen LogP contribution in [0.25, 0.3) is 0 Å². The molecule has 1 amide bonds. The molecule has 0 atom stereocenters. The lowest BCUT2D eigenvalue weighted by atomic mass is 10.2. The van der Waals surface area contributed by atoms with E-state index in [1.807, 2.05) is 30.3 Å². The standard InChI is InChI=1S/C17H15NO6/c19-11-10-18(16(20)21)14-6-8-15(9-7-14)24-17(22)23-12-13-4-2-1-3-5-13/h1-9,11H,10,12H2,(H,20,21). The summed E-state index contributed by atoms with van der Waals surface area (Å²) in [5.41, 5.74) is 1.12. The molecule has 0 aliphatic carbocycles. The number of aldehydes is 1. The zero-order valence-corrected chi connectivity index (χ0v) is 12.6. The van der Waals surface area contributed by atoms with E-state index in [9.17, 15) is 14.4 Å². The van der Waals surface area contributed by atoms with Gasteiger partial charge < -0.3 is 19.4 Å². The number of amides is 1. The molecule has 0 aromatic heterocycles. The van der Waals surface area contributed by atoms with Gasteiger partial charge in [-0.05, 0) is 29.8 Å². The predicted molar refractivity (Wildman–Crippen MR) is 85.1 cm³/mol. The second-order valence-corrected chi connectivity index (χ2v) is 4.68. The topological polar surface area (TPSA) is 93.1 Å². The maximum Gasteiger partial charge on any atom is 0.514 e. The van der Waals surface area contributed by atoms with Gasteiger partial charge >= 0.3 is 12.2 Å². The van der Waals surface area contributed by atoms with Gasteiger partial charge in [-0.2, -0.15) is 0 Å². The minimum atomic E-state index is -1.25. The second kappa shape index (κ2) is 8.33. The number of carbonyl (C=O) groups is 3. The van der Waals surface area contributed by atoms with E-state index in [2.05, 4.69) is 0 Å². The van der Waals surface area contributed by atoms with E-state index in [0.29, 0.717) is 12.0 Å². The molecular formula is C17H15NO6. The van der Waals surface area contributed by atoms with Crippen LogP contribution in [0.15, 0.2) is 54.6 Å². The van der Waals surface area contributed by atoms with Gasteiger partial charge in [0.05, 0.1) is 6.54 Å². The first-order chi connectivity index (χ1) is 11.6. The highest BCUT2D eigenvalue weighted by molar-refractivity contribution is 5.89. The summed E-state index contributed by atoms with van der Waals surface area (Å²) in [4.78, 5) is 34.0. The summed E-state index contributed by atoms with van der Waals surface area (Å²) >= 11 is 0. The van der Waals surface area contributed by atoms with Crippen LogP contribution in [0.5, 0.6) is 5.75 Å². The van der Waals surface area contributed by atoms with Crippen molar-refractivity contribution >= 4 is 24.2 Å². The molecule has 0 spiro atoms. The number of nitrogens with zero attached hydrogens (tertiary/aromatic N) is 1. The summed E-state index contributed by atoms with van der Waals surface area (Å²) in [5.74, 6) is 0.202. The summed E-state index contributed by atoms with van der Waals surface area (Å²) in [7, 11) is 0. The highest BCUT2D eigenvalue weighted by Crippen LogP contribution is 2.20. The fourth-order valence-corrected chi connectivity index (χ4v) is 1.90. The lowest BCUT2D eigenvalue weighted by molar-refractivity contribution is -0.106. The maximum atomic E-state index is 11.6. The number of carboxylic acid groups (broad SMARTS) is 1. The summed E-state index contributed by atoms with van der Waals surface area (Å²) in [6, 6.07) is 14.8. The van der Waals surface area contributed by atoms with Crippen molar-refractivity contribution in [1.82, 2.24) is 0 Å². The lowest BCUT2D eigenvalue weighted by Crippen LogP contribution is -2.30. The van der Waals surface area contributed by atoms with Crippen molar-refractivity contribution in [3.05, 3.63) is 60.2 Å². The molecule has 2 rings (SSSR count). The van der Waals surface area contributed by atoms with Gasteiger partial charge in [0.25, 0.3) is 0 Å². The van der Waals surface area contributed by atoms with E-state index >= 15 is 0 Å². The van der Waals surface area contributed by atoms with E-state index in [1.165, 1.54) is 24.3 Å². The Morgan fingerprint density at radius 3 is 2.29 bits per heavy atom. The van der Waals surface area contributed by atoms with Crippen LogP contribution >= 0.6 is 0 Å². The Labute approximate surface area is 138 Å². The van der Waals surface area contributed by atoms with Gasteiger partial charge in [0.2, 0.25) is 0 Å². The van der Waals surface area contributed by atoms with Crippen LogP contribution in [0.1, 0.15) is 5.56 Å². The summed E-state index contributed by atoms with van der Waals surface area (Å²) in [6.07, 6.45) is -1.63. The number of hydrogen-bond donors (Lipinski definition) is 1. The summed E-state index contributed by atoms with van der Waals surface area (Å²) in [5, 5.41) is 9.01. The van der Waals surface area contributed by atoms with Gasteiger partial charge in [0, 0.05) is 5.69 Å². The van der Waals surface area contributed by atoms with Crippen LogP contribution in [0.4, 0.5) is 15.3 Å². The third kappa shape index (κ3) is 4.84. The van der Waals surface area contributed by atoms with Crippen molar-refractivity contribution in [3.63, 3.8) is 0 Å². The van der Waals surface area contributed by atoms with Crippen LogP contribution in [0, 0.1) is 0 Å². The molecular weight excluding hydrogens is 314 g/mol. The van der Waals surface area contributed by atoms with E-state index in [4.69, 9.17) is 14.6 Å². The van der Waals surface area contributed by atoms with Crippen LogP contribution in [-0.2, 0) is 16.1 Å². The number of benzene rings is 2. The average molecular weight is 329 g/mol. The fourth-order valence-electron chi connectivity index (χ4n) is 1.90. The Bertz CT molecular complexity index is 699. The van der Waals surface area contributed by atoms with E-state index in [-0.39, 0.29) is 18.9 Å². The predicted octanol–water partition coefficient (Wildman–Crippen LogP) is 3.09. The van der Waals surface area contributed by atoms with E-state index in [1.54, 1.807) is 0 Å². The lowest BCUT2D eigenvalue weighted by Gasteiger charge is -2.16. The van der Waals surface area contributed by atoms with E-state index < -0.39 is 12.2 Å². The number of carbonyl (C=O) groups excluding carboxylic acids is 2. The molecule has 1 N–H and O–H groups in total. The molecule has 2 aromatic rings. The van der Waals surface area contributed by atoms with Gasteiger partial charge in [0.1, 0.15) is 18.6 Å². The van der Waals surface area contributed by atoms with Gasteiger partial charge in [-0.1, -0.05) is 30.3 Å². The maximum absolute atomic E-state index is 11.6. The Balaban J connectivity index is 1.92. The number of anilines is 1. The number of ether oxygens (including phenoxy) is 2. The van der Waals surface area contributed by atoms with Crippen molar-refractivity contribution < 1.29 is 29.0 Å². The first-order valence-corrected chi connectivity index (χ1v) is 7.03. The fraction of sp³-hybridized carbons (Fsp3) is 0.118. The Hall–Kier alpha value is -3.35. The molecule has 0 fully saturated rings. The van der Waals surface area contributed by atoms with Gasteiger partial charge in [-0.25, -0.2) is 9.59 Å². The molecule has 2 aromatic carbocycles. The molecule has 0 bridgehead atoms. The van der Waals surface area contributed by atoms with Crippen molar-refractivity contribution in [2.75, 3.05) is 11.4 Å². The minimum absolute atomic E-state index is 0.0872. The van der Waals surface area contributed by atoms with Gasteiger partial charge in [0.15, 0.2) is 0 Å². The van der Waals surface area contributed by atoms with Crippen LogP contribution in [0.2, 0.25) is 0 Å². The first-order valence-electron chi connectivity index (χ1n) is 7.03. The molecule has 0 saturated heterocycles. The first kappa shape index (κ1) is 17.0. The third-order valence-corrected chi connectivity index (χ3v) is 3.04. The zero-order chi connectivity index (χ0) is 17.4. The largest absolute Gasteiger partial charge is 0.514 e. The molecule has 0 aliphatic rings. The molecule has 7 heteroatoms. The number of rotatable bonds is 6. The normalized spacial score (nSPS) is 9.83. The van der Waals surface area contributed by atoms with Crippen LogP contribution < -0.4 is 9.64 Å². The smallest absolute Gasteiger partial charge is 0.465 e. The summed E-state index contributed by atoms with van der Waals surface area (Å²) < 4.78 is 9.97. The number of hydrogen-bond acceptors (Lipinski definition) is 5. The van der Waals surface area contributed by atoms with Crippen molar-refractivity contribution in [2.24, 2.45) is 0 Å². The molecule has 24 heavy (non-hydrogen) atoms.